The normalized spacial score (nSPS) is 14.3. The molecule has 3 unspecified atom stereocenters. The third-order valence-corrected chi connectivity index (χ3v) is 4.50. The number of hydrogen-bond donors (Lipinski definition) is 2. The van der Waals surface area contributed by atoms with Gasteiger partial charge in [-0.25, -0.2) is 4.39 Å². The van der Waals surface area contributed by atoms with E-state index < -0.39 is 0 Å². The Morgan fingerprint density at radius 3 is 2.15 bits per heavy atom. The number of carbonyl (C=O) groups excluding carboxylic acids is 1. The van der Waals surface area contributed by atoms with E-state index in [2.05, 4.69) is 17.6 Å². The summed E-state index contributed by atoms with van der Waals surface area (Å²) in [4.78, 5) is 12.5. The maximum absolute atomic E-state index is 13.0. The minimum Gasteiger partial charge on any atom is -0.497 e. The average Bonchev–Trinajstić information content (AvgIpc) is 2.66. The molecule has 26 heavy (non-hydrogen) atoms. The van der Waals surface area contributed by atoms with E-state index in [0.717, 1.165) is 23.3 Å². The third kappa shape index (κ3) is 5.30. The Balaban J connectivity index is 1.96. The molecule has 2 N–H and O–H groups in total. The number of rotatable bonds is 8. The number of halogens is 1. The Labute approximate surface area is 154 Å². The largest absolute Gasteiger partial charge is 0.497 e. The quantitative estimate of drug-likeness (QED) is 0.746. The maximum Gasteiger partial charge on any atom is 0.237 e. The fourth-order valence-corrected chi connectivity index (χ4v) is 2.84. The van der Waals surface area contributed by atoms with E-state index in [4.69, 9.17) is 4.74 Å². The summed E-state index contributed by atoms with van der Waals surface area (Å²) in [5, 5.41) is 6.34. The molecule has 0 aromatic heterocycles. The Morgan fingerprint density at radius 1 is 1.04 bits per heavy atom. The van der Waals surface area contributed by atoms with Crippen molar-refractivity contribution in [1.82, 2.24) is 10.6 Å². The zero-order valence-electron chi connectivity index (χ0n) is 15.8. The van der Waals surface area contributed by atoms with Crippen LogP contribution < -0.4 is 15.4 Å². The molecule has 0 heterocycles. The summed E-state index contributed by atoms with van der Waals surface area (Å²) in [7, 11) is 1.64. The van der Waals surface area contributed by atoms with Gasteiger partial charge in [0.15, 0.2) is 0 Å². The van der Waals surface area contributed by atoms with Crippen LogP contribution in [0.15, 0.2) is 48.5 Å². The molecule has 0 spiro atoms. The van der Waals surface area contributed by atoms with E-state index in [9.17, 15) is 9.18 Å². The van der Waals surface area contributed by atoms with Gasteiger partial charge in [-0.3, -0.25) is 10.1 Å². The standard InChI is InChI=1S/C21H27FN2O2/c1-5-20(17-8-12-19(26-4)13-9-17)23-15(3)21(25)24-14(2)16-6-10-18(22)11-7-16/h6-15,20,23H,5H2,1-4H3,(H,24,25). The molecule has 5 heteroatoms. The van der Waals surface area contributed by atoms with Crippen molar-refractivity contribution < 1.29 is 13.9 Å². The van der Waals surface area contributed by atoms with Crippen LogP contribution in [0, 0.1) is 5.82 Å². The highest BCUT2D eigenvalue weighted by atomic mass is 19.1. The van der Waals surface area contributed by atoms with Crippen LogP contribution in [0.4, 0.5) is 4.39 Å². The molecular weight excluding hydrogens is 331 g/mol. The van der Waals surface area contributed by atoms with Crippen molar-refractivity contribution in [3.05, 3.63) is 65.5 Å². The van der Waals surface area contributed by atoms with E-state index in [0.29, 0.717) is 0 Å². The van der Waals surface area contributed by atoms with E-state index in [1.54, 1.807) is 19.2 Å². The van der Waals surface area contributed by atoms with E-state index in [-0.39, 0.29) is 29.8 Å². The lowest BCUT2D eigenvalue weighted by Crippen LogP contribution is -2.44. The van der Waals surface area contributed by atoms with Crippen LogP contribution in [0.2, 0.25) is 0 Å². The number of ether oxygens (including phenoxy) is 1. The molecule has 2 aromatic carbocycles. The van der Waals surface area contributed by atoms with Gasteiger partial charge in [0.2, 0.25) is 5.91 Å². The number of nitrogens with one attached hydrogen (secondary N) is 2. The van der Waals surface area contributed by atoms with Crippen LogP contribution in [0.3, 0.4) is 0 Å². The van der Waals surface area contributed by atoms with Crippen molar-refractivity contribution in [2.24, 2.45) is 0 Å². The maximum atomic E-state index is 13.0. The smallest absolute Gasteiger partial charge is 0.237 e. The van der Waals surface area contributed by atoms with Gasteiger partial charge in [-0.2, -0.15) is 0 Å². The van der Waals surface area contributed by atoms with Gasteiger partial charge in [-0.05, 0) is 55.7 Å². The van der Waals surface area contributed by atoms with Crippen molar-refractivity contribution in [3.63, 3.8) is 0 Å². The highest BCUT2D eigenvalue weighted by Gasteiger charge is 2.20. The molecule has 4 nitrogen and oxygen atoms in total. The van der Waals surface area contributed by atoms with Gasteiger partial charge >= 0.3 is 0 Å². The Bertz CT molecular complexity index is 701. The second-order valence-corrected chi connectivity index (χ2v) is 6.40. The predicted octanol–water partition coefficient (Wildman–Crippen LogP) is 4.14. The number of hydrogen-bond acceptors (Lipinski definition) is 3. The van der Waals surface area contributed by atoms with Gasteiger partial charge in [0.05, 0.1) is 19.2 Å². The van der Waals surface area contributed by atoms with Crippen LogP contribution in [-0.2, 0) is 4.79 Å². The third-order valence-electron chi connectivity index (χ3n) is 4.50. The SMILES string of the molecule is CCC(NC(C)C(=O)NC(C)c1ccc(F)cc1)c1ccc(OC)cc1. The second-order valence-electron chi connectivity index (χ2n) is 6.40. The summed E-state index contributed by atoms with van der Waals surface area (Å²) >= 11 is 0. The average molecular weight is 358 g/mol. The molecule has 3 atom stereocenters. The zero-order chi connectivity index (χ0) is 19.1. The summed E-state index contributed by atoms with van der Waals surface area (Å²) in [6.07, 6.45) is 0.859. The van der Waals surface area contributed by atoms with Crippen LogP contribution >= 0.6 is 0 Å². The number of benzene rings is 2. The van der Waals surface area contributed by atoms with E-state index in [1.807, 2.05) is 38.1 Å². The molecule has 0 saturated heterocycles. The van der Waals surface area contributed by atoms with Gasteiger partial charge in [0.1, 0.15) is 11.6 Å². The lowest BCUT2D eigenvalue weighted by molar-refractivity contribution is -0.123. The summed E-state index contributed by atoms with van der Waals surface area (Å²) in [6.45, 7) is 5.81. The molecule has 0 saturated carbocycles. The Hall–Kier alpha value is -2.40. The number of amides is 1. The summed E-state index contributed by atoms with van der Waals surface area (Å²) in [5.41, 5.74) is 1.98. The highest BCUT2D eigenvalue weighted by Crippen LogP contribution is 2.21. The van der Waals surface area contributed by atoms with Crippen LogP contribution in [0.25, 0.3) is 0 Å². The topological polar surface area (TPSA) is 50.4 Å². The van der Waals surface area contributed by atoms with Gasteiger partial charge in [0, 0.05) is 6.04 Å². The zero-order valence-corrected chi connectivity index (χ0v) is 15.8. The molecule has 0 bridgehead atoms. The summed E-state index contributed by atoms with van der Waals surface area (Å²) in [5.74, 6) is 0.434. The monoisotopic (exact) mass is 358 g/mol. The summed E-state index contributed by atoms with van der Waals surface area (Å²) < 4.78 is 18.2. The van der Waals surface area contributed by atoms with Gasteiger partial charge < -0.3 is 10.1 Å². The number of carbonyl (C=O) groups is 1. The predicted molar refractivity (Wildman–Crippen MR) is 102 cm³/mol. The molecule has 0 aliphatic rings. The molecule has 2 aromatic rings. The second kappa shape index (κ2) is 9.34. The summed E-state index contributed by atoms with van der Waals surface area (Å²) in [6, 6.07) is 13.5. The minimum absolute atomic E-state index is 0.0720. The molecule has 0 aliphatic heterocycles. The lowest BCUT2D eigenvalue weighted by Gasteiger charge is -2.24. The van der Waals surface area contributed by atoms with Crippen molar-refractivity contribution in [3.8, 4) is 5.75 Å². The first-order valence-corrected chi connectivity index (χ1v) is 8.90. The first kappa shape index (κ1) is 19.9. The highest BCUT2D eigenvalue weighted by molar-refractivity contribution is 5.81. The molecular formula is C21H27FN2O2. The van der Waals surface area contributed by atoms with Crippen molar-refractivity contribution in [2.75, 3.05) is 7.11 Å². The van der Waals surface area contributed by atoms with Crippen LogP contribution in [0.1, 0.15) is 50.4 Å². The first-order valence-electron chi connectivity index (χ1n) is 8.90. The van der Waals surface area contributed by atoms with Crippen LogP contribution in [-0.4, -0.2) is 19.1 Å². The van der Waals surface area contributed by atoms with Crippen LogP contribution in [0.5, 0.6) is 5.75 Å². The molecule has 140 valence electrons. The molecule has 0 fully saturated rings. The molecule has 0 radical (unpaired) electrons. The molecule has 1 amide bonds. The van der Waals surface area contributed by atoms with Crippen molar-refractivity contribution in [1.29, 1.82) is 0 Å². The molecule has 0 aliphatic carbocycles. The minimum atomic E-state index is -0.357. The van der Waals surface area contributed by atoms with Gasteiger partial charge in [-0.1, -0.05) is 31.2 Å². The number of methoxy groups -OCH3 is 1. The fraction of sp³-hybridized carbons (Fsp3) is 0.381. The van der Waals surface area contributed by atoms with Gasteiger partial charge in [-0.15, -0.1) is 0 Å². The van der Waals surface area contributed by atoms with Gasteiger partial charge in [0.25, 0.3) is 0 Å². The fourth-order valence-electron chi connectivity index (χ4n) is 2.84. The van der Waals surface area contributed by atoms with E-state index >= 15 is 0 Å². The Morgan fingerprint density at radius 2 is 1.62 bits per heavy atom. The lowest BCUT2D eigenvalue weighted by atomic mass is 10.0. The first-order chi connectivity index (χ1) is 12.4. The molecule has 2 rings (SSSR count). The van der Waals surface area contributed by atoms with E-state index in [1.165, 1.54) is 12.1 Å². The van der Waals surface area contributed by atoms with Crippen molar-refractivity contribution in [2.45, 2.75) is 45.3 Å². The Kier molecular flexibility index (Phi) is 7.16. The van der Waals surface area contributed by atoms with Crippen molar-refractivity contribution >= 4 is 5.91 Å².